The Morgan fingerprint density at radius 1 is 1.38 bits per heavy atom. The number of anilines is 2. The van der Waals surface area contributed by atoms with E-state index < -0.39 is 4.92 Å². The fourth-order valence-electron chi connectivity index (χ4n) is 2.79. The monoisotopic (exact) mass is 295 g/mol. The van der Waals surface area contributed by atoms with Gasteiger partial charge in [-0.05, 0) is 19.8 Å². The van der Waals surface area contributed by atoms with Crippen LogP contribution >= 0.6 is 0 Å². The van der Waals surface area contributed by atoms with Crippen LogP contribution in [0.5, 0.6) is 0 Å². The standard InChI is InChI=1S/C13H21N5O3/c1-8-11(18(20)21)12(17-13(14-2)15-8)16-10-6-4-3-5-9(10)7-19/h9-10,19H,3-7H2,1-2H3,(H2,14,15,16,17). The summed E-state index contributed by atoms with van der Waals surface area (Å²) < 4.78 is 0. The van der Waals surface area contributed by atoms with Crippen LogP contribution in [0.2, 0.25) is 0 Å². The number of aryl methyl sites for hydroxylation is 1. The molecule has 1 saturated carbocycles. The zero-order valence-electron chi connectivity index (χ0n) is 12.3. The smallest absolute Gasteiger partial charge is 0.332 e. The zero-order chi connectivity index (χ0) is 15.4. The van der Waals surface area contributed by atoms with Crippen LogP contribution < -0.4 is 10.6 Å². The maximum atomic E-state index is 11.3. The van der Waals surface area contributed by atoms with Crippen molar-refractivity contribution < 1.29 is 10.0 Å². The van der Waals surface area contributed by atoms with Gasteiger partial charge in [0.2, 0.25) is 11.8 Å². The van der Waals surface area contributed by atoms with Crippen molar-refractivity contribution in [2.75, 3.05) is 24.3 Å². The van der Waals surface area contributed by atoms with Crippen LogP contribution in [0.15, 0.2) is 0 Å². The van der Waals surface area contributed by atoms with Crippen LogP contribution in [-0.2, 0) is 0 Å². The molecule has 0 aromatic carbocycles. The van der Waals surface area contributed by atoms with Crippen molar-refractivity contribution in [2.24, 2.45) is 5.92 Å². The molecule has 1 heterocycles. The summed E-state index contributed by atoms with van der Waals surface area (Å²) in [6, 6.07) is 0.00135. The Morgan fingerprint density at radius 2 is 2.10 bits per heavy atom. The molecule has 8 nitrogen and oxygen atoms in total. The third-order valence-electron chi connectivity index (χ3n) is 3.93. The summed E-state index contributed by atoms with van der Waals surface area (Å²) in [6.07, 6.45) is 3.92. The van der Waals surface area contributed by atoms with Gasteiger partial charge in [0.05, 0.1) is 4.92 Å². The lowest BCUT2D eigenvalue weighted by Crippen LogP contribution is -2.35. The van der Waals surface area contributed by atoms with Gasteiger partial charge >= 0.3 is 5.69 Å². The lowest BCUT2D eigenvalue weighted by molar-refractivity contribution is -0.385. The van der Waals surface area contributed by atoms with Gasteiger partial charge in [-0.15, -0.1) is 0 Å². The molecule has 0 saturated heterocycles. The van der Waals surface area contributed by atoms with Crippen LogP contribution in [0.25, 0.3) is 0 Å². The van der Waals surface area contributed by atoms with Crippen molar-refractivity contribution in [3.05, 3.63) is 15.8 Å². The van der Waals surface area contributed by atoms with Crippen molar-refractivity contribution >= 4 is 17.5 Å². The minimum Gasteiger partial charge on any atom is -0.396 e. The highest BCUT2D eigenvalue weighted by Crippen LogP contribution is 2.31. The molecule has 1 fully saturated rings. The van der Waals surface area contributed by atoms with Crippen LogP contribution in [0, 0.1) is 23.0 Å². The average Bonchev–Trinajstić information content (AvgIpc) is 2.46. The number of nitrogens with one attached hydrogen (secondary N) is 2. The molecule has 0 amide bonds. The van der Waals surface area contributed by atoms with E-state index in [0.717, 1.165) is 25.7 Å². The molecule has 8 heteroatoms. The highest BCUT2D eigenvalue weighted by molar-refractivity contribution is 5.61. The largest absolute Gasteiger partial charge is 0.396 e. The number of aromatic nitrogens is 2. The highest BCUT2D eigenvalue weighted by Gasteiger charge is 2.29. The van der Waals surface area contributed by atoms with E-state index in [9.17, 15) is 15.2 Å². The molecule has 3 N–H and O–H groups in total. The van der Waals surface area contributed by atoms with E-state index in [-0.39, 0.29) is 30.1 Å². The SMILES string of the molecule is CNc1nc(C)c([N+](=O)[O-])c(NC2CCCCC2CO)n1. The second-order valence-corrected chi connectivity index (χ2v) is 5.31. The second kappa shape index (κ2) is 6.66. The first-order valence-electron chi connectivity index (χ1n) is 7.15. The Labute approximate surface area is 123 Å². The summed E-state index contributed by atoms with van der Waals surface area (Å²) in [5.41, 5.74) is 0.217. The van der Waals surface area contributed by atoms with Gasteiger partial charge in [-0.25, -0.2) is 4.98 Å². The quantitative estimate of drug-likeness (QED) is 0.559. The normalized spacial score (nSPS) is 21.9. The number of rotatable bonds is 5. The Kier molecular flexibility index (Phi) is 4.89. The topological polar surface area (TPSA) is 113 Å². The first-order chi connectivity index (χ1) is 10.1. The molecule has 1 aliphatic rings. The zero-order valence-corrected chi connectivity index (χ0v) is 12.3. The van der Waals surface area contributed by atoms with Gasteiger partial charge in [0.25, 0.3) is 0 Å². The minimum atomic E-state index is -0.464. The summed E-state index contributed by atoms with van der Waals surface area (Å²) in [6.45, 7) is 1.67. The Hall–Kier alpha value is -1.96. The molecule has 116 valence electrons. The number of nitro groups is 1. The van der Waals surface area contributed by atoms with Crippen LogP contribution in [-0.4, -0.2) is 39.7 Å². The molecule has 1 aliphatic carbocycles. The molecule has 2 rings (SSSR count). The highest BCUT2D eigenvalue weighted by atomic mass is 16.6. The van der Waals surface area contributed by atoms with Gasteiger partial charge in [-0.2, -0.15) is 4.98 Å². The van der Waals surface area contributed by atoms with Gasteiger partial charge in [-0.3, -0.25) is 10.1 Å². The predicted octanol–water partition coefficient (Wildman–Crippen LogP) is 1.70. The summed E-state index contributed by atoms with van der Waals surface area (Å²) in [7, 11) is 1.67. The first-order valence-corrected chi connectivity index (χ1v) is 7.15. The Morgan fingerprint density at radius 3 is 2.71 bits per heavy atom. The summed E-state index contributed by atoms with van der Waals surface area (Å²) in [5.74, 6) is 0.672. The van der Waals surface area contributed by atoms with Gasteiger partial charge < -0.3 is 15.7 Å². The molecule has 0 spiro atoms. The number of aliphatic hydroxyl groups excluding tert-OH is 1. The van der Waals surface area contributed by atoms with E-state index in [0.29, 0.717) is 11.6 Å². The minimum absolute atomic E-state index is 0.00135. The molecule has 0 radical (unpaired) electrons. The third-order valence-corrected chi connectivity index (χ3v) is 3.93. The number of aliphatic hydroxyl groups is 1. The maximum Gasteiger partial charge on any atom is 0.332 e. The van der Waals surface area contributed by atoms with Crippen LogP contribution in [0.1, 0.15) is 31.4 Å². The molecule has 1 aromatic heterocycles. The second-order valence-electron chi connectivity index (χ2n) is 5.31. The molecule has 0 bridgehead atoms. The van der Waals surface area contributed by atoms with E-state index in [2.05, 4.69) is 20.6 Å². The third kappa shape index (κ3) is 3.38. The fraction of sp³-hybridized carbons (Fsp3) is 0.692. The van der Waals surface area contributed by atoms with Crippen molar-refractivity contribution in [1.82, 2.24) is 9.97 Å². The van der Waals surface area contributed by atoms with Crippen LogP contribution in [0.4, 0.5) is 17.5 Å². The Bertz CT molecular complexity index is 523. The number of hydrogen-bond donors (Lipinski definition) is 3. The molecule has 2 atom stereocenters. The van der Waals surface area contributed by atoms with Gasteiger partial charge in [0.1, 0.15) is 5.69 Å². The van der Waals surface area contributed by atoms with Gasteiger partial charge in [0, 0.05) is 25.6 Å². The summed E-state index contributed by atoms with van der Waals surface area (Å²) >= 11 is 0. The molecule has 21 heavy (non-hydrogen) atoms. The van der Waals surface area contributed by atoms with Crippen molar-refractivity contribution in [3.8, 4) is 0 Å². The van der Waals surface area contributed by atoms with E-state index >= 15 is 0 Å². The van der Waals surface area contributed by atoms with Crippen molar-refractivity contribution in [2.45, 2.75) is 38.6 Å². The lowest BCUT2D eigenvalue weighted by Gasteiger charge is -2.31. The number of nitrogens with zero attached hydrogens (tertiary/aromatic N) is 3. The molecular formula is C13H21N5O3. The van der Waals surface area contributed by atoms with Crippen LogP contribution in [0.3, 0.4) is 0 Å². The summed E-state index contributed by atoms with van der Waals surface area (Å²) in [5, 5.41) is 26.7. The first kappa shape index (κ1) is 15.4. The fourth-order valence-corrected chi connectivity index (χ4v) is 2.79. The number of hydrogen-bond acceptors (Lipinski definition) is 7. The van der Waals surface area contributed by atoms with Gasteiger partial charge in [0.15, 0.2) is 0 Å². The molecular weight excluding hydrogens is 274 g/mol. The van der Waals surface area contributed by atoms with Gasteiger partial charge in [-0.1, -0.05) is 12.8 Å². The van der Waals surface area contributed by atoms with E-state index in [1.807, 2.05) is 0 Å². The maximum absolute atomic E-state index is 11.3. The molecule has 0 aliphatic heterocycles. The lowest BCUT2D eigenvalue weighted by atomic mass is 9.85. The van der Waals surface area contributed by atoms with Crippen molar-refractivity contribution in [3.63, 3.8) is 0 Å². The Balaban J connectivity index is 2.32. The summed E-state index contributed by atoms with van der Waals surface area (Å²) in [4.78, 5) is 19.0. The van der Waals surface area contributed by atoms with E-state index in [1.165, 1.54) is 0 Å². The van der Waals surface area contributed by atoms with E-state index in [4.69, 9.17) is 0 Å². The molecule has 1 aromatic rings. The predicted molar refractivity (Wildman–Crippen MR) is 79.4 cm³/mol. The van der Waals surface area contributed by atoms with E-state index in [1.54, 1.807) is 14.0 Å². The van der Waals surface area contributed by atoms with Crippen molar-refractivity contribution in [1.29, 1.82) is 0 Å². The molecule has 2 unspecified atom stereocenters. The average molecular weight is 295 g/mol.